The molecule has 1 saturated carbocycles. The molecule has 7 nitrogen and oxygen atoms in total. The van der Waals surface area contributed by atoms with Crippen LogP contribution >= 0.6 is 15.9 Å². The number of nitrogen functional groups attached to an aromatic ring is 1. The SMILES string of the molecule is CC1CCC(n2c(Br)nc3c(N)nc(OC4CCCC4)nc32)O1. The number of rotatable bonds is 3. The molecule has 0 spiro atoms. The van der Waals surface area contributed by atoms with Gasteiger partial charge in [0.2, 0.25) is 0 Å². The molecule has 3 heterocycles. The molecule has 0 aromatic carbocycles. The van der Waals surface area contributed by atoms with E-state index in [-0.39, 0.29) is 18.4 Å². The second kappa shape index (κ2) is 5.90. The minimum Gasteiger partial charge on any atom is -0.460 e. The Labute approximate surface area is 142 Å². The number of hydrogen-bond donors (Lipinski definition) is 1. The van der Waals surface area contributed by atoms with Crippen molar-refractivity contribution in [3.05, 3.63) is 4.73 Å². The fourth-order valence-electron chi connectivity index (χ4n) is 3.38. The Balaban J connectivity index is 1.73. The third-order valence-corrected chi connectivity index (χ3v) is 5.13. The van der Waals surface area contributed by atoms with Gasteiger partial charge in [0.25, 0.3) is 0 Å². The zero-order valence-corrected chi connectivity index (χ0v) is 14.6. The lowest BCUT2D eigenvalue weighted by Crippen LogP contribution is -2.15. The lowest BCUT2D eigenvalue weighted by atomic mass is 10.2. The molecule has 4 rings (SSSR count). The summed E-state index contributed by atoms with van der Waals surface area (Å²) in [6, 6.07) is 0.335. The van der Waals surface area contributed by atoms with Crippen LogP contribution in [-0.4, -0.2) is 31.7 Å². The quantitative estimate of drug-likeness (QED) is 0.821. The number of aromatic nitrogens is 4. The Morgan fingerprint density at radius 2 is 1.96 bits per heavy atom. The maximum atomic E-state index is 6.07. The summed E-state index contributed by atoms with van der Waals surface area (Å²) in [6.07, 6.45) is 6.77. The molecule has 0 amide bonds. The van der Waals surface area contributed by atoms with E-state index < -0.39 is 0 Å². The van der Waals surface area contributed by atoms with Crippen molar-refractivity contribution >= 4 is 32.9 Å². The predicted molar refractivity (Wildman–Crippen MR) is 89.1 cm³/mol. The summed E-state index contributed by atoms with van der Waals surface area (Å²) in [5.41, 5.74) is 7.32. The van der Waals surface area contributed by atoms with Gasteiger partial charge in [-0.1, -0.05) is 0 Å². The molecule has 2 fully saturated rings. The van der Waals surface area contributed by atoms with Crippen molar-refractivity contribution in [2.24, 2.45) is 0 Å². The lowest BCUT2D eigenvalue weighted by molar-refractivity contribution is 0.0118. The summed E-state index contributed by atoms with van der Waals surface area (Å²) in [4.78, 5) is 13.3. The van der Waals surface area contributed by atoms with Crippen LogP contribution in [0.25, 0.3) is 11.2 Å². The normalized spacial score (nSPS) is 25.5. The number of ether oxygens (including phenoxy) is 2. The van der Waals surface area contributed by atoms with Crippen molar-refractivity contribution < 1.29 is 9.47 Å². The molecule has 2 aliphatic rings. The molecule has 2 N–H and O–H groups in total. The average molecular weight is 382 g/mol. The minimum absolute atomic E-state index is 0.0852. The van der Waals surface area contributed by atoms with E-state index in [0.29, 0.717) is 27.7 Å². The van der Waals surface area contributed by atoms with Crippen LogP contribution in [-0.2, 0) is 4.74 Å². The van der Waals surface area contributed by atoms with Crippen molar-refractivity contribution in [3.8, 4) is 6.01 Å². The molecule has 2 atom stereocenters. The first-order chi connectivity index (χ1) is 11.1. The fourth-order valence-corrected chi connectivity index (χ4v) is 3.96. The zero-order valence-electron chi connectivity index (χ0n) is 13.0. The van der Waals surface area contributed by atoms with E-state index in [1.165, 1.54) is 12.8 Å². The summed E-state index contributed by atoms with van der Waals surface area (Å²) in [7, 11) is 0. The van der Waals surface area contributed by atoms with E-state index in [9.17, 15) is 0 Å². The first kappa shape index (κ1) is 15.1. The molecule has 124 valence electrons. The number of fused-ring (bicyclic) bond motifs is 1. The van der Waals surface area contributed by atoms with Crippen LogP contribution in [0.1, 0.15) is 51.7 Å². The third kappa shape index (κ3) is 2.78. The molecule has 1 aliphatic heterocycles. The first-order valence-corrected chi connectivity index (χ1v) is 8.94. The second-order valence-corrected chi connectivity index (χ2v) is 7.03. The summed E-state index contributed by atoms with van der Waals surface area (Å²) < 4.78 is 14.5. The zero-order chi connectivity index (χ0) is 16.0. The number of nitrogens with zero attached hydrogens (tertiary/aromatic N) is 4. The summed E-state index contributed by atoms with van der Waals surface area (Å²) in [6.45, 7) is 2.07. The van der Waals surface area contributed by atoms with Crippen molar-refractivity contribution in [3.63, 3.8) is 0 Å². The molecular weight excluding hydrogens is 362 g/mol. The summed E-state index contributed by atoms with van der Waals surface area (Å²) in [5, 5.41) is 0. The van der Waals surface area contributed by atoms with Crippen LogP contribution in [0.15, 0.2) is 4.73 Å². The standard InChI is InChI=1S/C15H20BrN5O2/c1-8-6-7-10(22-8)21-13-11(18-14(21)16)12(17)19-15(20-13)23-9-4-2-3-5-9/h8-10H,2-7H2,1H3,(H2,17,19,20). The number of imidazole rings is 1. The highest BCUT2D eigenvalue weighted by Gasteiger charge is 2.29. The smallest absolute Gasteiger partial charge is 0.320 e. The monoisotopic (exact) mass is 381 g/mol. The maximum Gasteiger partial charge on any atom is 0.320 e. The van der Waals surface area contributed by atoms with Crippen LogP contribution in [0, 0.1) is 0 Å². The van der Waals surface area contributed by atoms with Gasteiger partial charge in [-0.05, 0) is 61.4 Å². The molecule has 8 heteroatoms. The van der Waals surface area contributed by atoms with Crippen LogP contribution < -0.4 is 10.5 Å². The molecule has 2 aromatic rings. The number of hydrogen-bond acceptors (Lipinski definition) is 6. The topological polar surface area (TPSA) is 88.1 Å². The Hall–Kier alpha value is -1.41. The van der Waals surface area contributed by atoms with E-state index >= 15 is 0 Å². The third-order valence-electron chi connectivity index (χ3n) is 4.57. The van der Waals surface area contributed by atoms with E-state index in [1.807, 2.05) is 4.57 Å². The largest absolute Gasteiger partial charge is 0.460 e. The Morgan fingerprint density at radius 3 is 2.65 bits per heavy atom. The van der Waals surface area contributed by atoms with Crippen LogP contribution in [0.4, 0.5) is 5.82 Å². The Bertz CT molecular complexity index is 728. The van der Waals surface area contributed by atoms with E-state index in [1.54, 1.807) is 0 Å². The van der Waals surface area contributed by atoms with Gasteiger partial charge < -0.3 is 15.2 Å². The molecule has 0 radical (unpaired) electrons. The number of nitrogens with two attached hydrogens (primary N) is 1. The number of anilines is 1. The summed E-state index contributed by atoms with van der Waals surface area (Å²) in [5.74, 6) is 0.341. The Kier molecular flexibility index (Phi) is 3.88. The van der Waals surface area contributed by atoms with Gasteiger partial charge in [-0.15, -0.1) is 0 Å². The highest BCUT2D eigenvalue weighted by molar-refractivity contribution is 9.10. The van der Waals surface area contributed by atoms with Crippen molar-refractivity contribution in [1.82, 2.24) is 19.5 Å². The van der Waals surface area contributed by atoms with Crippen LogP contribution in [0.5, 0.6) is 6.01 Å². The van der Waals surface area contributed by atoms with Gasteiger partial charge in [0.05, 0.1) is 6.10 Å². The number of halogens is 1. The molecule has 2 unspecified atom stereocenters. The Morgan fingerprint density at radius 1 is 1.17 bits per heavy atom. The second-order valence-electron chi connectivity index (χ2n) is 6.32. The summed E-state index contributed by atoms with van der Waals surface area (Å²) >= 11 is 3.49. The van der Waals surface area contributed by atoms with E-state index in [2.05, 4.69) is 37.8 Å². The van der Waals surface area contributed by atoms with Crippen molar-refractivity contribution in [2.75, 3.05) is 5.73 Å². The molecule has 2 aromatic heterocycles. The molecule has 1 aliphatic carbocycles. The van der Waals surface area contributed by atoms with Gasteiger partial charge in [0, 0.05) is 0 Å². The highest BCUT2D eigenvalue weighted by Crippen LogP contribution is 2.35. The predicted octanol–water partition coefficient (Wildman–Crippen LogP) is 3.19. The van der Waals surface area contributed by atoms with Gasteiger partial charge in [0.1, 0.15) is 12.3 Å². The molecule has 0 bridgehead atoms. The van der Waals surface area contributed by atoms with E-state index in [4.69, 9.17) is 15.2 Å². The van der Waals surface area contributed by atoms with Crippen LogP contribution in [0.2, 0.25) is 0 Å². The van der Waals surface area contributed by atoms with E-state index in [0.717, 1.165) is 25.7 Å². The molecule has 1 saturated heterocycles. The fraction of sp³-hybridized carbons (Fsp3) is 0.667. The lowest BCUT2D eigenvalue weighted by Gasteiger charge is -2.15. The average Bonchev–Trinajstić information content (AvgIpc) is 3.20. The van der Waals surface area contributed by atoms with Gasteiger partial charge in [-0.25, -0.2) is 4.98 Å². The first-order valence-electron chi connectivity index (χ1n) is 8.15. The van der Waals surface area contributed by atoms with Gasteiger partial charge >= 0.3 is 6.01 Å². The highest BCUT2D eigenvalue weighted by atomic mass is 79.9. The minimum atomic E-state index is -0.0852. The van der Waals surface area contributed by atoms with Crippen LogP contribution in [0.3, 0.4) is 0 Å². The van der Waals surface area contributed by atoms with Crippen molar-refractivity contribution in [2.45, 2.75) is 63.9 Å². The van der Waals surface area contributed by atoms with Gasteiger partial charge in [-0.3, -0.25) is 4.57 Å². The van der Waals surface area contributed by atoms with Crippen molar-refractivity contribution in [1.29, 1.82) is 0 Å². The molecule has 23 heavy (non-hydrogen) atoms. The maximum absolute atomic E-state index is 6.07. The molecular formula is C15H20BrN5O2. The van der Waals surface area contributed by atoms with Gasteiger partial charge in [0.15, 0.2) is 21.7 Å². The van der Waals surface area contributed by atoms with Gasteiger partial charge in [-0.2, -0.15) is 9.97 Å².